The Morgan fingerprint density at radius 3 is 2.46 bits per heavy atom. The lowest BCUT2D eigenvalue weighted by Crippen LogP contribution is -2.32. The summed E-state index contributed by atoms with van der Waals surface area (Å²) < 4.78 is 0. The van der Waals surface area contributed by atoms with E-state index < -0.39 is 18.2 Å². The van der Waals surface area contributed by atoms with E-state index in [1.165, 1.54) is 0 Å². The van der Waals surface area contributed by atoms with E-state index in [1.54, 1.807) is 0 Å². The molecule has 0 aliphatic heterocycles. The number of aliphatic carboxylic acids is 1. The highest BCUT2D eigenvalue weighted by molar-refractivity contribution is 5.85. The van der Waals surface area contributed by atoms with Gasteiger partial charge in [0.25, 0.3) is 0 Å². The first-order valence-corrected chi connectivity index (χ1v) is 3.36. The molecule has 0 amide bonds. The molecule has 2 atom stereocenters. The van der Waals surface area contributed by atoms with Gasteiger partial charge in [0.05, 0.1) is 6.17 Å². The molecule has 0 aromatic carbocycles. The van der Waals surface area contributed by atoms with Crippen LogP contribution in [0.1, 0.15) is 12.8 Å². The van der Waals surface area contributed by atoms with Gasteiger partial charge in [-0.3, -0.25) is 4.79 Å². The summed E-state index contributed by atoms with van der Waals surface area (Å²) in [6.07, 6.45) is -0.215. The summed E-state index contributed by atoms with van der Waals surface area (Å²) in [5.74, 6) is -1.08. The van der Waals surface area contributed by atoms with Crippen LogP contribution in [0.5, 0.6) is 0 Å². The number of halogens is 1. The van der Waals surface area contributed by atoms with Crippen LogP contribution >= 0.6 is 12.4 Å². The van der Waals surface area contributed by atoms with Gasteiger partial charge in [0, 0.05) is 4.91 Å². The third-order valence-electron chi connectivity index (χ3n) is 1.29. The fourth-order valence-corrected chi connectivity index (χ4v) is 0.598. The first kappa shape index (κ1) is 14.5. The van der Waals surface area contributed by atoms with Crippen LogP contribution in [0, 0.1) is 0 Å². The molecule has 0 aliphatic rings. The van der Waals surface area contributed by atoms with Crippen molar-refractivity contribution in [2.75, 3.05) is 0 Å². The molecule has 76 valence electrons. The first-order valence-electron chi connectivity index (χ1n) is 3.36. The molecule has 0 aromatic heterocycles. The van der Waals surface area contributed by atoms with Crippen molar-refractivity contribution >= 4 is 18.4 Å². The van der Waals surface area contributed by atoms with E-state index in [0.717, 1.165) is 0 Å². The van der Waals surface area contributed by atoms with E-state index >= 15 is 0 Å². The van der Waals surface area contributed by atoms with Gasteiger partial charge in [-0.05, 0) is 18.4 Å². The normalized spacial score (nSPS) is 13.4. The van der Waals surface area contributed by atoms with E-state index in [-0.39, 0.29) is 25.2 Å². The Morgan fingerprint density at radius 1 is 1.54 bits per heavy atom. The van der Waals surface area contributed by atoms with Gasteiger partial charge in [-0.25, -0.2) is 0 Å². The summed E-state index contributed by atoms with van der Waals surface area (Å²) in [5, 5.41) is 11.5. The zero-order chi connectivity index (χ0) is 9.56. The third-order valence-corrected chi connectivity index (χ3v) is 1.29. The molecule has 7 nitrogen and oxygen atoms in total. The van der Waals surface area contributed by atoms with Crippen molar-refractivity contribution in [1.82, 2.24) is 0 Å². The molecule has 0 heterocycles. The van der Waals surface area contributed by atoms with E-state index in [1.807, 2.05) is 0 Å². The van der Waals surface area contributed by atoms with Crippen LogP contribution in [-0.4, -0.2) is 23.3 Å². The van der Waals surface area contributed by atoms with Gasteiger partial charge in [0.1, 0.15) is 6.04 Å². The lowest BCUT2D eigenvalue weighted by Gasteiger charge is -2.07. The molecule has 0 saturated heterocycles. The summed E-state index contributed by atoms with van der Waals surface area (Å²) >= 11 is 0. The zero-order valence-corrected chi connectivity index (χ0v) is 7.65. The van der Waals surface area contributed by atoms with Crippen molar-refractivity contribution in [1.29, 1.82) is 0 Å². The smallest absolute Gasteiger partial charge is 0.320 e. The third kappa shape index (κ3) is 7.35. The Labute approximate surface area is 81.1 Å². The Kier molecular flexibility index (Phi) is 8.52. The molecule has 0 aromatic rings. The van der Waals surface area contributed by atoms with Crippen LogP contribution in [0.25, 0.3) is 10.4 Å². The summed E-state index contributed by atoms with van der Waals surface area (Å²) in [5.41, 5.74) is 18.4. The number of rotatable bonds is 5. The molecule has 0 spiro atoms. The molecule has 0 rings (SSSR count). The number of carboxylic acids is 1. The quantitative estimate of drug-likeness (QED) is 0.338. The Hall–Kier alpha value is -1.01. The van der Waals surface area contributed by atoms with Crippen LogP contribution in [0.15, 0.2) is 5.11 Å². The summed E-state index contributed by atoms with van der Waals surface area (Å²) in [4.78, 5) is 12.7. The number of hydrogen-bond acceptors (Lipinski definition) is 4. The topological polar surface area (TPSA) is 138 Å². The number of azide groups is 1. The van der Waals surface area contributed by atoms with Crippen molar-refractivity contribution < 1.29 is 9.90 Å². The zero-order valence-electron chi connectivity index (χ0n) is 6.83. The molecule has 8 heteroatoms. The molecule has 0 fully saturated rings. The molecule has 5 N–H and O–H groups in total. The second-order valence-corrected chi connectivity index (χ2v) is 2.29. The highest BCUT2D eigenvalue weighted by atomic mass is 35.5. The number of carboxylic acid groups (broad SMARTS) is 1. The van der Waals surface area contributed by atoms with Gasteiger partial charge < -0.3 is 16.6 Å². The number of hydrogen-bond donors (Lipinski definition) is 3. The van der Waals surface area contributed by atoms with Crippen LogP contribution in [-0.2, 0) is 4.79 Å². The summed E-state index contributed by atoms with van der Waals surface area (Å²) in [6, 6.07) is -0.940. The van der Waals surface area contributed by atoms with Gasteiger partial charge in [-0.2, -0.15) is 0 Å². The molecule has 0 saturated carbocycles. The molecular weight excluding hydrogens is 198 g/mol. The second-order valence-electron chi connectivity index (χ2n) is 2.29. The van der Waals surface area contributed by atoms with Crippen LogP contribution in [0.3, 0.4) is 0 Å². The van der Waals surface area contributed by atoms with Crippen molar-refractivity contribution in [3.63, 3.8) is 0 Å². The first-order chi connectivity index (χ1) is 5.57. The highest BCUT2D eigenvalue weighted by Gasteiger charge is 2.12. The van der Waals surface area contributed by atoms with Gasteiger partial charge >= 0.3 is 5.97 Å². The SMILES string of the molecule is Cl.[N-]=[N+]=NC(N)CC[C@H](N)C(=O)O. The molecule has 13 heavy (non-hydrogen) atoms. The van der Waals surface area contributed by atoms with Crippen molar-refractivity contribution in [3.05, 3.63) is 10.4 Å². The van der Waals surface area contributed by atoms with Crippen molar-refractivity contribution in [2.45, 2.75) is 25.0 Å². The fraction of sp³-hybridized carbons (Fsp3) is 0.800. The Balaban J connectivity index is 0. The van der Waals surface area contributed by atoms with E-state index in [2.05, 4.69) is 10.0 Å². The average Bonchev–Trinajstić information content (AvgIpc) is 2.00. The van der Waals surface area contributed by atoms with E-state index in [0.29, 0.717) is 0 Å². The number of nitrogens with two attached hydrogens (primary N) is 2. The predicted molar refractivity (Wildman–Crippen MR) is 49.2 cm³/mol. The molecule has 0 aliphatic carbocycles. The molecule has 0 bridgehead atoms. The monoisotopic (exact) mass is 209 g/mol. The lowest BCUT2D eigenvalue weighted by atomic mass is 10.1. The van der Waals surface area contributed by atoms with E-state index in [9.17, 15) is 4.79 Å². The summed E-state index contributed by atoms with van der Waals surface area (Å²) in [6.45, 7) is 0. The standard InChI is InChI=1S/C5H11N5O2.ClH/c6-3(5(11)12)1-2-4(7)9-10-8;/h3-4H,1-2,6-7H2,(H,11,12);1H/t3-,4?;/m0./s1. The largest absolute Gasteiger partial charge is 0.480 e. The Bertz CT molecular complexity index is 197. The highest BCUT2D eigenvalue weighted by Crippen LogP contribution is 1.99. The Morgan fingerprint density at radius 2 is 2.08 bits per heavy atom. The molecule has 1 unspecified atom stereocenters. The minimum absolute atomic E-state index is 0. The molecule has 0 radical (unpaired) electrons. The molecular formula is C5H12ClN5O2. The van der Waals surface area contributed by atoms with Crippen molar-refractivity contribution in [2.24, 2.45) is 16.6 Å². The predicted octanol–water partition coefficient (Wildman–Crippen LogP) is 0.195. The fourth-order valence-electron chi connectivity index (χ4n) is 0.598. The van der Waals surface area contributed by atoms with Gasteiger partial charge in [-0.1, -0.05) is 5.11 Å². The lowest BCUT2D eigenvalue weighted by molar-refractivity contribution is -0.138. The van der Waals surface area contributed by atoms with Crippen LogP contribution in [0.2, 0.25) is 0 Å². The minimum Gasteiger partial charge on any atom is -0.480 e. The average molecular weight is 210 g/mol. The minimum atomic E-state index is -1.08. The van der Waals surface area contributed by atoms with Gasteiger partial charge in [0.2, 0.25) is 0 Å². The van der Waals surface area contributed by atoms with Gasteiger partial charge in [0.15, 0.2) is 0 Å². The van der Waals surface area contributed by atoms with Crippen LogP contribution in [0.4, 0.5) is 0 Å². The maximum atomic E-state index is 10.2. The van der Waals surface area contributed by atoms with E-state index in [4.69, 9.17) is 22.1 Å². The maximum absolute atomic E-state index is 10.2. The van der Waals surface area contributed by atoms with Gasteiger partial charge in [-0.15, -0.1) is 12.4 Å². The van der Waals surface area contributed by atoms with Crippen molar-refractivity contribution in [3.8, 4) is 0 Å². The maximum Gasteiger partial charge on any atom is 0.320 e. The van der Waals surface area contributed by atoms with Crippen LogP contribution < -0.4 is 11.5 Å². The second kappa shape index (κ2) is 7.63. The number of nitrogens with zero attached hydrogens (tertiary/aromatic N) is 3. The summed E-state index contributed by atoms with van der Waals surface area (Å²) in [7, 11) is 0. The number of carbonyl (C=O) groups is 1.